The lowest BCUT2D eigenvalue weighted by Gasteiger charge is -2.36. The third-order valence-corrected chi connectivity index (χ3v) is 8.06. The van der Waals surface area contributed by atoms with Crippen molar-refractivity contribution in [3.05, 3.63) is 84.6 Å². The number of aliphatic hydroxyl groups excluding tert-OH is 1. The maximum atomic E-state index is 15.2. The van der Waals surface area contributed by atoms with Gasteiger partial charge in [-0.25, -0.2) is 14.4 Å². The predicted octanol–water partition coefficient (Wildman–Crippen LogP) is 4.26. The van der Waals surface area contributed by atoms with Gasteiger partial charge in [0.1, 0.15) is 11.7 Å². The Hall–Kier alpha value is -4.75. The molecule has 0 saturated carbocycles. The number of carbonyl (C=O) groups is 1. The molecule has 1 amide bonds. The highest BCUT2D eigenvalue weighted by atomic mass is 19.1. The van der Waals surface area contributed by atoms with Gasteiger partial charge in [-0.05, 0) is 30.8 Å². The molecule has 1 saturated heterocycles. The van der Waals surface area contributed by atoms with Gasteiger partial charge >= 0.3 is 0 Å². The van der Waals surface area contributed by atoms with Gasteiger partial charge in [-0.1, -0.05) is 36.4 Å². The SMILES string of the molecule is COCC(C(=O)Nc1cccc2c(-c3nc(Nc4ccc(-c5ccccc5CO)nc4)ncc3F)c[nH]c12)N1CCN(C)CC1. The normalized spacial score (nSPS) is 14.8. The Morgan fingerprint density at radius 2 is 1.87 bits per heavy atom. The summed E-state index contributed by atoms with van der Waals surface area (Å²) < 4.78 is 20.6. The number of anilines is 3. The Balaban J connectivity index is 1.22. The smallest absolute Gasteiger partial charge is 0.244 e. The van der Waals surface area contributed by atoms with E-state index < -0.39 is 11.9 Å². The average molecular weight is 611 g/mol. The lowest BCUT2D eigenvalue weighted by molar-refractivity contribution is -0.124. The number of rotatable bonds is 10. The second-order valence-corrected chi connectivity index (χ2v) is 11.0. The van der Waals surface area contributed by atoms with Crippen molar-refractivity contribution < 1.29 is 19.0 Å². The quantitative estimate of drug-likeness (QED) is 0.183. The van der Waals surface area contributed by atoms with Crippen molar-refractivity contribution >= 4 is 34.1 Å². The van der Waals surface area contributed by atoms with E-state index in [1.54, 1.807) is 19.5 Å². The molecule has 1 aliphatic heterocycles. The summed E-state index contributed by atoms with van der Waals surface area (Å²) in [5, 5.41) is 16.5. The van der Waals surface area contributed by atoms with Gasteiger partial charge in [0.05, 0.1) is 48.2 Å². The molecule has 232 valence electrons. The fourth-order valence-electron chi connectivity index (χ4n) is 5.59. The molecule has 11 nitrogen and oxygen atoms in total. The van der Waals surface area contributed by atoms with Gasteiger partial charge in [-0.15, -0.1) is 0 Å². The minimum absolute atomic E-state index is 0.0866. The van der Waals surface area contributed by atoms with Gasteiger partial charge in [-0.3, -0.25) is 14.7 Å². The molecular formula is C33H35FN8O3. The van der Waals surface area contributed by atoms with Crippen LogP contribution in [0.15, 0.2) is 73.2 Å². The van der Waals surface area contributed by atoms with Crippen LogP contribution in [0.5, 0.6) is 0 Å². The van der Waals surface area contributed by atoms with Crippen LogP contribution in [0.25, 0.3) is 33.4 Å². The molecule has 12 heteroatoms. The van der Waals surface area contributed by atoms with Crippen LogP contribution in [0.3, 0.4) is 0 Å². The summed E-state index contributed by atoms with van der Waals surface area (Å²) in [5.41, 5.74) is 4.84. The zero-order valence-electron chi connectivity index (χ0n) is 25.1. The molecule has 0 bridgehead atoms. The van der Waals surface area contributed by atoms with Crippen molar-refractivity contribution in [2.24, 2.45) is 0 Å². The molecule has 4 heterocycles. The first-order chi connectivity index (χ1) is 21.9. The molecule has 0 radical (unpaired) electrons. The van der Waals surface area contributed by atoms with Crippen molar-refractivity contribution in [1.82, 2.24) is 29.7 Å². The van der Waals surface area contributed by atoms with Crippen LogP contribution < -0.4 is 10.6 Å². The number of nitrogens with zero attached hydrogens (tertiary/aromatic N) is 5. The van der Waals surface area contributed by atoms with E-state index in [4.69, 9.17) is 4.74 Å². The molecule has 1 atom stereocenters. The van der Waals surface area contributed by atoms with E-state index in [1.807, 2.05) is 54.6 Å². The Morgan fingerprint density at radius 3 is 2.62 bits per heavy atom. The van der Waals surface area contributed by atoms with E-state index in [1.165, 1.54) is 0 Å². The van der Waals surface area contributed by atoms with Crippen LogP contribution in [0.4, 0.5) is 21.7 Å². The summed E-state index contributed by atoms with van der Waals surface area (Å²) in [4.78, 5) is 34.2. The zero-order valence-corrected chi connectivity index (χ0v) is 25.1. The summed E-state index contributed by atoms with van der Waals surface area (Å²) in [6.45, 7) is 3.50. The van der Waals surface area contributed by atoms with Crippen LogP contribution in [0, 0.1) is 5.82 Å². The average Bonchev–Trinajstić information content (AvgIpc) is 3.50. The van der Waals surface area contributed by atoms with Crippen LogP contribution in [-0.4, -0.2) is 93.7 Å². The Morgan fingerprint density at radius 1 is 1.04 bits per heavy atom. The summed E-state index contributed by atoms with van der Waals surface area (Å²) in [7, 11) is 3.67. The van der Waals surface area contributed by atoms with Crippen LogP contribution in [0.1, 0.15) is 5.56 Å². The topological polar surface area (TPSA) is 132 Å². The summed E-state index contributed by atoms with van der Waals surface area (Å²) >= 11 is 0. The number of piperazine rings is 1. The van der Waals surface area contributed by atoms with E-state index in [9.17, 15) is 9.90 Å². The number of amides is 1. The van der Waals surface area contributed by atoms with E-state index in [2.05, 4.69) is 47.4 Å². The first-order valence-electron chi connectivity index (χ1n) is 14.7. The van der Waals surface area contributed by atoms with Crippen molar-refractivity contribution in [1.29, 1.82) is 0 Å². The van der Waals surface area contributed by atoms with Crippen molar-refractivity contribution in [3.63, 3.8) is 0 Å². The van der Waals surface area contributed by atoms with Gasteiger partial charge in [-0.2, -0.15) is 0 Å². The molecule has 0 spiro atoms. The number of ether oxygens (including phenoxy) is 1. The van der Waals surface area contributed by atoms with Gasteiger partial charge in [0.15, 0.2) is 5.82 Å². The number of aromatic nitrogens is 4. The molecular weight excluding hydrogens is 575 g/mol. The zero-order chi connectivity index (χ0) is 31.3. The fourth-order valence-corrected chi connectivity index (χ4v) is 5.59. The first-order valence-corrected chi connectivity index (χ1v) is 14.7. The van der Waals surface area contributed by atoms with Crippen molar-refractivity contribution in [2.75, 3.05) is 57.6 Å². The van der Waals surface area contributed by atoms with Crippen LogP contribution in [0.2, 0.25) is 0 Å². The number of hydrogen-bond donors (Lipinski definition) is 4. The van der Waals surface area contributed by atoms with Gasteiger partial charge < -0.3 is 30.4 Å². The standard InChI is InChI=1S/C33H35FN8O3/c1-41-12-14-42(15-13-41)29(20-45-2)32(44)39-28-9-5-8-24-25(17-36-31(24)28)30-26(34)18-37-33(40-30)38-22-10-11-27(35-16-22)23-7-4-3-6-21(23)19-43/h3-11,16-18,29,36,43H,12-15,19-20H2,1-2H3,(H,39,44)(H,37,38,40). The number of aliphatic hydroxyl groups is 1. The lowest BCUT2D eigenvalue weighted by atomic mass is 10.0. The molecule has 3 aromatic heterocycles. The number of fused-ring (bicyclic) bond motifs is 1. The number of halogens is 1. The fraction of sp³-hybridized carbons (Fsp3) is 0.273. The number of carbonyl (C=O) groups excluding carboxylic acids is 1. The maximum Gasteiger partial charge on any atom is 0.244 e. The Bertz CT molecular complexity index is 1790. The van der Waals surface area contributed by atoms with E-state index in [-0.39, 0.29) is 30.8 Å². The minimum Gasteiger partial charge on any atom is -0.392 e. The highest BCUT2D eigenvalue weighted by molar-refractivity contribution is 6.06. The molecule has 1 fully saturated rings. The number of aromatic amines is 1. The molecule has 45 heavy (non-hydrogen) atoms. The number of nitrogens with one attached hydrogen (secondary N) is 3. The van der Waals surface area contributed by atoms with Crippen LogP contribution in [-0.2, 0) is 16.1 Å². The van der Waals surface area contributed by atoms with E-state index >= 15 is 4.39 Å². The molecule has 1 unspecified atom stereocenters. The van der Waals surface area contributed by atoms with E-state index in [0.29, 0.717) is 33.5 Å². The number of likely N-dealkylation sites (N-methyl/N-ethyl adjacent to an activating group) is 1. The first kappa shape index (κ1) is 30.3. The highest BCUT2D eigenvalue weighted by Crippen LogP contribution is 2.33. The van der Waals surface area contributed by atoms with Gasteiger partial charge in [0.2, 0.25) is 11.9 Å². The van der Waals surface area contributed by atoms with Gasteiger partial charge in [0.25, 0.3) is 0 Å². The monoisotopic (exact) mass is 610 g/mol. The number of methoxy groups -OCH3 is 1. The highest BCUT2D eigenvalue weighted by Gasteiger charge is 2.29. The largest absolute Gasteiger partial charge is 0.392 e. The number of para-hydroxylation sites is 1. The lowest BCUT2D eigenvalue weighted by Crippen LogP contribution is -2.54. The summed E-state index contributed by atoms with van der Waals surface area (Å²) in [6, 6.07) is 16.2. The summed E-state index contributed by atoms with van der Waals surface area (Å²) in [6.07, 6.45) is 4.44. The number of H-pyrrole nitrogens is 1. The Kier molecular flexibility index (Phi) is 9.08. The van der Waals surface area contributed by atoms with Gasteiger partial charge in [0, 0.05) is 56.0 Å². The van der Waals surface area contributed by atoms with E-state index in [0.717, 1.165) is 43.5 Å². The minimum atomic E-state index is -0.583. The molecule has 5 aromatic rings. The molecule has 2 aromatic carbocycles. The number of benzene rings is 2. The predicted molar refractivity (Wildman–Crippen MR) is 172 cm³/mol. The third-order valence-electron chi connectivity index (χ3n) is 8.06. The molecule has 1 aliphatic rings. The second kappa shape index (κ2) is 13.5. The van der Waals surface area contributed by atoms with Crippen LogP contribution >= 0.6 is 0 Å². The number of pyridine rings is 1. The molecule has 4 N–H and O–H groups in total. The molecule has 6 rings (SSSR count). The molecule has 0 aliphatic carbocycles. The number of hydrogen-bond acceptors (Lipinski definition) is 9. The summed E-state index contributed by atoms with van der Waals surface area (Å²) in [5.74, 6) is -0.547. The maximum absolute atomic E-state index is 15.2. The van der Waals surface area contributed by atoms with Crippen molar-refractivity contribution in [2.45, 2.75) is 12.6 Å². The van der Waals surface area contributed by atoms with Crippen molar-refractivity contribution in [3.8, 4) is 22.5 Å². The Labute approximate surface area is 260 Å². The third kappa shape index (κ3) is 6.54. The second-order valence-electron chi connectivity index (χ2n) is 11.0.